The van der Waals surface area contributed by atoms with E-state index >= 15 is 0 Å². The Morgan fingerprint density at radius 1 is 1.00 bits per heavy atom. The lowest BCUT2D eigenvalue weighted by molar-refractivity contribution is 0.0996. The van der Waals surface area contributed by atoms with Crippen LogP contribution in [0, 0.1) is 42.6 Å². The van der Waals surface area contributed by atoms with Crippen LogP contribution in [0.5, 0.6) is 0 Å². The molecule has 2 heterocycles. The summed E-state index contributed by atoms with van der Waals surface area (Å²) in [4.78, 5) is 28.9. The van der Waals surface area contributed by atoms with E-state index in [1.54, 1.807) is 13.8 Å². The van der Waals surface area contributed by atoms with Crippen LogP contribution in [-0.4, -0.2) is 26.6 Å². The van der Waals surface area contributed by atoms with E-state index in [-0.39, 0.29) is 51.0 Å². The molecule has 35 heavy (non-hydrogen) atoms. The van der Waals surface area contributed by atoms with Gasteiger partial charge < -0.3 is 11.5 Å². The van der Waals surface area contributed by atoms with Gasteiger partial charge in [0.05, 0.1) is 35.0 Å². The highest BCUT2D eigenvalue weighted by molar-refractivity contribution is 6.15. The van der Waals surface area contributed by atoms with Gasteiger partial charge in [0, 0.05) is 33.8 Å². The smallest absolute Gasteiger partial charge is 0.267 e. The number of primary amides is 2. The molecule has 0 unspecified atom stereocenters. The summed E-state index contributed by atoms with van der Waals surface area (Å²) in [6, 6.07) is 7.37. The first-order valence-electron chi connectivity index (χ1n) is 10.2. The molecule has 2 amide bonds. The summed E-state index contributed by atoms with van der Waals surface area (Å²) < 4.78 is 43.8. The quantitative estimate of drug-likeness (QED) is 0.453. The molecule has 4 aromatic rings. The number of amides is 2. The maximum Gasteiger partial charge on any atom is 0.267 e. The molecule has 8 nitrogen and oxygen atoms in total. The van der Waals surface area contributed by atoms with Gasteiger partial charge in [0.15, 0.2) is 11.6 Å². The Balaban J connectivity index is 2.00. The highest BCUT2D eigenvalue weighted by atomic mass is 19.2. The lowest BCUT2D eigenvalue weighted by Gasteiger charge is -2.15. The Labute approximate surface area is 196 Å². The normalized spacial score (nSPS) is 11.0. The Kier molecular flexibility index (Phi) is 5.74. The molecule has 0 radical (unpaired) electrons. The lowest BCUT2D eigenvalue weighted by atomic mass is 9.92. The van der Waals surface area contributed by atoms with Gasteiger partial charge in [0.2, 0.25) is 5.91 Å². The summed E-state index contributed by atoms with van der Waals surface area (Å²) in [6.07, 6.45) is 0. The second kappa shape index (κ2) is 8.57. The maximum absolute atomic E-state index is 14.5. The molecule has 2 aromatic carbocycles. The number of aromatic nitrogens is 3. The zero-order valence-corrected chi connectivity index (χ0v) is 18.5. The first-order chi connectivity index (χ1) is 16.5. The van der Waals surface area contributed by atoms with Crippen molar-refractivity contribution < 1.29 is 22.8 Å². The number of rotatable bonds is 5. The molecule has 11 heteroatoms. The second-order valence-corrected chi connectivity index (χ2v) is 7.84. The predicted molar refractivity (Wildman–Crippen MR) is 120 cm³/mol. The Hall–Kier alpha value is -4.72. The van der Waals surface area contributed by atoms with Crippen molar-refractivity contribution in [1.82, 2.24) is 14.8 Å². The molecule has 0 atom stereocenters. The van der Waals surface area contributed by atoms with Gasteiger partial charge in [-0.2, -0.15) is 10.4 Å². The fourth-order valence-corrected chi connectivity index (χ4v) is 4.06. The van der Waals surface area contributed by atoms with Gasteiger partial charge in [-0.05, 0) is 32.0 Å². The van der Waals surface area contributed by atoms with Gasteiger partial charge in [-0.1, -0.05) is 6.07 Å². The van der Waals surface area contributed by atoms with Gasteiger partial charge in [-0.15, -0.1) is 0 Å². The number of carbonyl (C=O) groups excluding carboxylic acids is 2. The Morgan fingerprint density at radius 3 is 2.29 bits per heavy atom. The standard InChI is InChI=1S/C24H17F3N6O2/c1-10-19(11(2)33(32-10)9-13-4-3-12(8-28)5-15(13)25)21-20(23(29)34)14-6-16(26)17(27)7-18(14)31-22(21)24(30)35/h3-7H,9H2,1-2H3,(H2,29,34)(H2,30,35). The van der Waals surface area contributed by atoms with E-state index in [9.17, 15) is 22.8 Å². The molecule has 0 fully saturated rings. The van der Waals surface area contributed by atoms with E-state index in [2.05, 4.69) is 10.1 Å². The molecule has 0 aliphatic rings. The fourth-order valence-electron chi connectivity index (χ4n) is 4.06. The van der Waals surface area contributed by atoms with Gasteiger partial charge >= 0.3 is 0 Å². The molecular formula is C24H17F3N6O2. The van der Waals surface area contributed by atoms with E-state index in [1.165, 1.54) is 16.8 Å². The van der Waals surface area contributed by atoms with Gasteiger partial charge in [0.1, 0.15) is 11.5 Å². The zero-order chi connectivity index (χ0) is 25.6. The minimum atomic E-state index is -1.24. The Morgan fingerprint density at radius 2 is 1.69 bits per heavy atom. The average Bonchev–Trinajstić information content (AvgIpc) is 3.07. The van der Waals surface area contributed by atoms with Crippen LogP contribution in [0.15, 0.2) is 30.3 Å². The largest absolute Gasteiger partial charge is 0.366 e. The number of fused-ring (bicyclic) bond motifs is 1. The van der Waals surface area contributed by atoms with E-state index in [4.69, 9.17) is 16.7 Å². The molecule has 0 saturated carbocycles. The molecule has 176 valence electrons. The molecule has 0 aliphatic heterocycles. The van der Waals surface area contributed by atoms with Crippen LogP contribution < -0.4 is 11.5 Å². The molecule has 0 spiro atoms. The number of pyridine rings is 1. The van der Waals surface area contributed by atoms with Crippen LogP contribution in [-0.2, 0) is 6.54 Å². The maximum atomic E-state index is 14.5. The van der Waals surface area contributed by atoms with Crippen LogP contribution in [0.2, 0.25) is 0 Å². The van der Waals surface area contributed by atoms with Crippen molar-refractivity contribution in [2.45, 2.75) is 20.4 Å². The fraction of sp³-hybridized carbons (Fsp3) is 0.125. The van der Waals surface area contributed by atoms with Crippen molar-refractivity contribution in [1.29, 1.82) is 5.26 Å². The third-order valence-corrected chi connectivity index (χ3v) is 5.64. The van der Waals surface area contributed by atoms with Crippen molar-refractivity contribution in [3.05, 3.63) is 81.6 Å². The Bertz CT molecular complexity index is 1600. The van der Waals surface area contributed by atoms with Crippen molar-refractivity contribution in [2.24, 2.45) is 11.5 Å². The summed E-state index contributed by atoms with van der Waals surface area (Å²) in [7, 11) is 0. The summed E-state index contributed by atoms with van der Waals surface area (Å²) in [6.45, 7) is 3.16. The van der Waals surface area contributed by atoms with E-state index in [0.717, 1.165) is 18.2 Å². The molecule has 0 bridgehead atoms. The molecule has 0 aliphatic carbocycles. The molecule has 0 saturated heterocycles. The number of benzene rings is 2. The first kappa shape index (κ1) is 23.4. The summed E-state index contributed by atoms with van der Waals surface area (Å²) in [5.41, 5.74) is 11.6. The van der Waals surface area contributed by atoms with E-state index in [1.807, 2.05) is 6.07 Å². The SMILES string of the molecule is Cc1nn(Cc2ccc(C#N)cc2F)c(C)c1-c1c(C(N)=O)nc2cc(F)c(F)cc2c1C(N)=O. The van der Waals surface area contributed by atoms with Crippen LogP contribution in [0.25, 0.3) is 22.0 Å². The third kappa shape index (κ3) is 3.95. The zero-order valence-electron chi connectivity index (χ0n) is 18.5. The number of hydrogen-bond donors (Lipinski definition) is 2. The highest BCUT2D eigenvalue weighted by Crippen LogP contribution is 2.36. The monoisotopic (exact) mass is 478 g/mol. The minimum Gasteiger partial charge on any atom is -0.366 e. The number of hydrogen-bond acceptors (Lipinski definition) is 5. The molecular weight excluding hydrogens is 461 g/mol. The lowest BCUT2D eigenvalue weighted by Crippen LogP contribution is -2.21. The summed E-state index contributed by atoms with van der Waals surface area (Å²) in [5.74, 6) is -5.13. The number of nitrogens with zero attached hydrogens (tertiary/aromatic N) is 4. The third-order valence-electron chi connectivity index (χ3n) is 5.64. The van der Waals surface area contributed by atoms with Crippen LogP contribution in [0.3, 0.4) is 0 Å². The first-order valence-corrected chi connectivity index (χ1v) is 10.2. The average molecular weight is 478 g/mol. The van der Waals surface area contributed by atoms with Gasteiger partial charge in [-0.25, -0.2) is 18.2 Å². The molecule has 4 N–H and O–H groups in total. The number of nitriles is 1. The predicted octanol–water partition coefficient (Wildman–Crippen LogP) is 3.25. The summed E-state index contributed by atoms with van der Waals surface area (Å²) in [5, 5.41) is 13.2. The second-order valence-electron chi connectivity index (χ2n) is 7.84. The van der Waals surface area contributed by atoms with E-state index < -0.39 is 29.3 Å². The number of aryl methyl sites for hydroxylation is 1. The van der Waals surface area contributed by atoms with Crippen molar-refractivity contribution in [3.8, 4) is 17.2 Å². The van der Waals surface area contributed by atoms with Crippen LogP contribution >= 0.6 is 0 Å². The molecule has 2 aromatic heterocycles. The van der Waals surface area contributed by atoms with Crippen molar-refractivity contribution in [3.63, 3.8) is 0 Å². The summed E-state index contributed by atoms with van der Waals surface area (Å²) >= 11 is 0. The van der Waals surface area contributed by atoms with Crippen LogP contribution in [0.1, 0.15) is 43.4 Å². The topological polar surface area (TPSA) is 141 Å². The highest BCUT2D eigenvalue weighted by Gasteiger charge is 2.28. The van der Waals surface area contributed by atoms with Gasteiger partial charge in [0.25, 0.3) is 5.91 Å². The number of carbonyl (C=O) groups is 2. The van der Waals surface area contributed by atoms with Crippen LogP contribution in [0.4, 0.5) is 13.2 Å². The number of halogens is 3. The molecule has 4 rings (SSSR count). The van der Waals surface area contributed by atoms with Crippen molar-refractivity contribution >= 4 is 22.7 Å². The number of nitrogens with two attached hydrogens (primary N) is 2. The van der Waals surface area contributed by atoms with Crippen molar-refractivity contribution in [2.75, 3.05) is 0 Å². The van der Waals surface area contributed by atoms with E-state index in [0.29, 0.717) is 11.4 Å². The minimum absolute atomic E-state index is 0.0388. The van der Waals surface area contributed by atoms with Gasteiger partial charge in [-0.3, -0.25) is 14.3 Å².